The van der Waals surface area contributed by atoms with Crippen LogP contribution in [0.15, 0.2) is 45.7 Å². The van der Waals surface area contributed by atoms with E-state index < -0.39 is 4.92 Å². The van der Waals surface area contributed by atoms with Crippen molar-refractivity contribution in [3.8, 4) is 0 Å². The minimum Gasteiger partial charge on any atom is -0.294 e. The van der Waals surface area contributed by atoms with Gasteiger partial charge in [-0.2, -0.15) is 0 Å². The summed E-state index contributed by atoms with van der Waals surface area (Å²) in [7, 11) is 0. The Balaban J connectivity index is 2.43. The van der Waals surface area contributed by atoms with E-state index in [1.165, 1.54) is 24.1 Å². The van der Waals surface area contributed by atoms with Crippen LogP contribution in [0.3, 0.4) is 0 Å². The number of hydrogen-bond donors (Lipinski definition) is 0. The van der Waals surface area contributed by atoms with Crippen LogP contribution in [0.2, 0.25) is 0 Å². The molecule has 0 bridgehead atoms. The minimum absolute atomic E-state index is 0.0324. The van der Waals surface area contributed by atoms with Gasteiger partial charge in [0.1, 0.15) is 0 Å². The van der Waals surface area contributed by atoms with E-state index in [4.69, 9.17) is 0 Å². The normalized spacial score (nSPS) is 16.9. The number of hydrogen-bond acceptors (Lipinski definition) is 5. The summed E-state index contributed by atoms with van der Waals surface area (Å²) in [5.74, 6) is -0.0341. The highest BCUT2D eigenvalue weighted by atomic mass is 32.2. The Bertz CT molecular complexity index is 778. The molecule has 19 heavy (non-hydrogen) atoms. The lowest BCUT2D eigenvalue weighted by Gasteiger charge is -2.10. The Morgan fingerprint density at radius 3 is 3.00 bits per heavy atom. The van der Waals surface area contributed by atoms with Crippen LogP contribution in [-0.4, -0.2) is 10.7 Å². The molecule has 1 aliphatic heterocycles. The van der Waals surface area contributed by atoms with Crippen LogP contribution in [0.25, 0.3) is 5.57 Å². The van der Waals surface area contributed by atoms with Gasteiger partial charge in [0, 0.05) is 46.7 Å². The fraction of sp³-hybridized carbons (Fsp3) is 0.0769. The zero-order valence-electron chi connectivity index (χ0n) is 9.70. The van der Waals surface area contributed by atoms with E-state index in [1.54, 1.807) is 17.6 Å². The zero-order valence-corrected chi connectivity index (χ0v) is 10.5. The van der Waals surface area contributed by atoms with E-state index in [-0.39, 0.29) is 11.5 Å². The first-order chi connectivity index (χ1) is 9.16. The van der Waals surface area contributed by atoms with Crippen molar-refractivity contribution < 1.29 is 9.72 Å². The Labute approximate surface area is 112 Å². The SMILES string of the molecule is O=C1CC=CC2=CSN=c3ccc([N+](=O)[O-])cc3=C12. The van der Waals surface area contributed by atoms with Crippen molar-refractivity contribution in [3.63, 3.8) is 0 Å². The number of benzene rings is 1. The van der Waals surface area contributed by atoms with Crippen molar-refractivity contribution in [2.45, 2.75) is 6.42 Å². The Morgan fingerprint density at radius 2 is 2.21 bits per heavy atom. The summed E-state index contributed by atoms with van der Waals surface area (Å²) in [6, 6.07) is 4.40. The Morgan fingerprint density at radius 1 is 1.37 bits per heavy atom. The lowest BCUT2D eigenvalue weighted by Crippen LogP contribution is -2.30. The third kappa shape index (κ3) is 2.00. The number of rotatable bonds is 1. The molecule has 0 saturated carbocycles. The fourth-order valence-electron chi connectivity index (χ4n) is 2.10. The molecule has 3 rings (SSSR count). The molecule has 0 saturated heterocycles. The lowest BCUT2D eigenvalue weighted by atomic mass is 9.93. The molecule has 0 fully saturated rings. The molecule has 0 N–H and O–H groups in total. The summed E-state index contributed by atoms with van der Waals surface area (Å²) in [5.41, 5.74) is 1.26. The van der Waals surface area contributed by atoms with Gasteiger partial charge in [-0.1, -0.05) is 12.2 Å². The second-order valence-electron chi connectivity index (χ2n) is 4.13. The Kier molecular flexibility index (Phi) is 2.79. The molecule has 1 aromatic carbocycles. The third-order valence-corrected chi connectivity index (χ3v) is 3.62. The molecule has 0 aromatic heterocycles. The maximum absolute atomic E-state index is 12.1. The molecular weight excluding hydrogens is 264 g/mol. The molecule has 5 nitrogen and oxygen atoms in total. The fourth-order valence-corrected chi connectivity index (χ4v) is 2.74. The number of non-ortho nitro benzene ring substituents is 1. The number of fused-ring (bicyclic) bond motifs is 2. The molecule has 2 aliphatic rings. The molecule has 1 heterocycles. The van der Waals surface area contributed by atoms with Gasteiger partial charge in [0.25, 0.3) is 5.69 Å². The average Bonchev–Trinajstić information content (AvgIpc) is 2.57. The summed E-state index contributed by atoms with van der Waals surface area (Å²) >= 11 is 1.23. The molecule has 6 heteroatoms. The first-order valence-electron chi connectivity index (χ1n) is 5.60. The van der Waals surface area contributed by atoms with Crippen LogP contribution in [0.4, 0.5) is 5.69 Å². The number of Topliss-reactive ketones (excluding diaryl/α,β-unsaturated/α-hetero) is 1. The number of nitrogens with zero attached hydrogens (tertiary/aromatic N) is 2. The zero-order chi connectivity index (χ0) is 13.4. The largest absolute Gasteiger partial charge is 0.294 e. The van der Waals surface area contributed by atoms with Crippen LogP contribution in [0.5, 0.6) is 0 Å². The molecule has 94 valence electrons. The highest BCUT2D eigenvalue weighted by molar-refractivity contribution is 8.00. The predicted molar refractivity (Wildman–Crippen MR) is 71.7 cm³/mol. The van der Waals surface area contributed by atoms with E-state index >= 15 is 0 Å². The molecule has 0 unspecified atom stereocenters. The molecule has 1 aromatic rings. The first-order valence-corrected chi connectivity index (χ1v) is 6.43. The van der Waals surface area contributed by atoms with Crippen molar-refractivity contribution >= 4 is 29.0 Å². The highest BCUT2D eigenvalue weighted by Crippen LogP contribution is 2.24. The van der Waals surface area contributed by atoms with E-state index in [9.17, 15) is 14.9 Å². The molecular formula is C13H8N2O3S. The number of carbonyl (C=O) groups excluding carboxylic acids is 1. The van der Waals surface area contributed by atoms with Gasteiger partial charge < -0.3 is 0 Å². The van der Waals surface area contributed by atoms with E-state index in [0.29, 0.717) is 22.6 Å². The van der Waals surface area contributed by atoms with E-state index in [1.807, 2.05) is 6.08 Å². The van der Waals surface area contributed by atoms with Crippen LogP contribution >= 0.6 is 11.9 Å². The summed E-state index contributed by atoms with van der Waals surface area (Å²) < 4.78 is 4.26. The standard InChI is InChI=1S/C13H8N2O3S/c16-12-3-1-2-8-7-19-14-11-5-4-9(15(17)18)6-10(11)13(8)12/h1-2,4-7H,3H2. The number of ketones is 1. The molecule has 0 amide bonds. The van der Waals surface area contributed by atoms with Gasteiger partial charge in [0.2, 0.25) is 0 Å². The van der Waals surface area contributed by atoms with Gasteiger partial charge >= 0.3 is 0 Å². The smallest absolute Gasteiger partial charge is 0.270 e. The molecule has 0 radical (unpaired) electrons. The minimum atomic E-state index is -0.467. The summed E-state index contributed by atoms with van der Waals surface area (Å²) in [5, 5.41) is 13.8. The van der Waals surface area contributed by atoms with Crippen molar-refractivity contribution in [2.24, 2.45) is 4.40 Å². The summed E-state index contributed by atoms with van der Waals surface area (Å²) in [6.07, 6.45) is 3.97. The average molecular weight is 272 g/mol. The molecule has 0 atom stereocenters. The van der Waals surface area contributed by atoms with Crippen molar-refractivity contribution in [3.05, 3.63) is 62.0 Å². The van der Waals surface area contributed by atoms with Gasteiger partial charge in [-0.15, -0.1) is 0 Å². The van der Waals surface area contributed by atoms with E-state index in [0.717, 1.165) is 5.57 Å². The van der Waals surface area contributed by atoms with Gasteiger partial charge in [0.05, 0.1) is 10.3 Å². The van der Waals surface area contributed by atoms with Crippen LogP contribution in [-0.2, 0) is 4.79 Å². The highest BCUT2D eigenvalue weighted by Gasteiger charge is 2.20. The number of allylic oxidation sites excluding steroid dienone is 3. The van der Waals surface area contributed by atoms with Gasteiger partial charge in [-0.25, -0.2) is 4.40 Å². The second kappa shape index (κ2) is 4.47. The quantitative estimate of drug-likeness (QED) is 0.440. The predicted octanol–water partition coefficient (Wildman–Crippen LogP) is 1.44. The van der Waals surface area contributed by atoms with Crippen molar-refractivity contribution in [1.82, 2.24) is 0 Å². The number of carbonyl (C=O) groups is 1. The van der Waals surface area contributed by atoms with Crippen LogP contribution < -0.4 is 10.6 Å². The number of nitro benzene ring substituents is 1. The lowest BCUT2D eigenvalue weighted by molar-refractivity contribution is -0.385. The summed E-state index contributed by atoms with van der Waals surface area (Å²) in [6.45, 7) is 0. The Hall–Kier alpha value is -2.21. The maximum Gasteiger partial charge on any atom is 0.270 e. The van der Waals surface area contributed by atoms with Gasteiger partial charge in [0.15, 0.2) is 5.78 Å². The maximum atomic E-state index is 12.1. The third-order valence-electron chi connectivity index (χ3n) is 2.96. The van der Waals surface area contributed by atoms with Gasteiger partial charge in [-0.3, -0.25) is 14.9 Å². The van der Waals surface area contributed by atoms with Gasteiger partial charge in [-0.05, 0) is 11.6 Å². The monoisotopic (exact) mass is 272 g/mol. The van der Waals surface area contributed by atoms with Crippen LogP contribution in [0, 0.1) is 10.1 Å². The second-order valence-corrected chi connectivity index (χ2v) is 4.76. The van der Waals surface area contributed by atoms with E-state index in [2.05, 4.69) is 4.40 Å². The molecule has 0 spiro atoms. The van der Waals surface area contributed by atoms with Crippen LogP contribution in [0.1, 0.15) is 6.42 Å². The molecule has 1 aliphatic carbocycles. The summed E-state index contributed by atoms with van der Waals surface area (Å²) in [4.78, 5) is 22.5. The topological polar surface area (TPSA) is 72.6 Å². The first kappa shape index (κ1) is 11.9. The number of nitro groups is 1. The van der Waals surface area contributed by atoms with Crippen molar-refractivity contribution in [1.29, 1.82) is 0 Å². The van der Waals surface area contributed by atoms with Crippen molar-refractivity contribution in [2.75, 3.05) is 0 Å².